The van der Waals surface area contributed by atoms with E-state index in [1.807, 2.05) is 50.5 Å². The molecule has 0 saturated carbocycles. The summed E-state index contributed by atoms with van der Waals surface area (Å²) in [6.07, 6.45) is 3.27. The van der Waals surface area contributed by atoms with E-state index < -0.39 is 0 Å². The molecular weight excluding hydrogens is 432 g/mol. The summed E-state index contributed by atoms with van der Waals surface area (Å²) in [5, 5.41) is 11.7. The molecule has 0 bridgehead atoms. The zero-order chi connectivity index (χ0) is 22.0. The molecule has 3 aromatic heterocycles. The summed E-state index contributed by atoms with van der Waals surface area (Å²) in [7, 11) is 4.09. The average molecular weight is 453 g/mol. The van der Waals surface area contributed by atoms with Crippen molar-refractivity contribution in [3.8, 4) is 21.1 Å². The van der Waals surface area contributed by atoms with E-state index in [2.05, 4.69) is 36.4 Å². The van der Waals surface area contributed by atoms with Gasteiger partial charge in [-0.1, -0.05) is 23.7 Å². The lowest BCUT2D eigenvalue weighted by Gasteiger charge is -2.25. The molecule has 3 heterocycles. The van der Waals surface area contributed by atoms with Gasteiger partial charge in [-0.2, -0.15) is 0 Å². The second kappa shape index (κ2) is 8.97. The van der Waals surface area contributed by atoms with Crippen molar-refractivity contribution in [1.82, 2.24) is 25.1 Å². The Morgan fingerprint density at radius 3 is 2.61 bits per heavy atom. The number of anilines is 1. The van der Waals surface area contributed by atoms with Crippen LogP contribution in [0.1, 0.15) is 24.1 Å². The van der Waals surface area contributed by atoms with Gasteiger partial charge in [-0.05, 0) is 61.1 Å². The molecule has 4 rings (SSSR count). The Morgan fingerprint density at radius 2 is 1.97 bits per heavy atom. The van der Waals surface area contributed by atoms with Gasteiger partial charge in [0.05, 0.1) is 10.9 Å². The highest BCUT2D eigenvalue weighted by molar-refractivity contribution is 7.19. The number of pyridine rings is 1. The van der Waals surface area contributed by atoms with E-state index in [9.17, 15) is 4.79 Å². The summed E-state index contributed by atoms with van der Waals surface area (Å²) < 4.78 is 0. The fraction of sp³-hybridized carbons (Fsp3) is 0.182. The first-order valence-electron chi connectivity index (χ1n) is 9.58. The SMILES string of the molecule is CC(=O)Nc1cc(-c2cc([C@@H](c3ccc(Cl)cc3)N(C)C)c(-c3nnc[nH]3)s2)ccn1. The predicted molar refractivity (Wildman–Crippen MR) is 124 cm³/mol. The Kier molecular flexibility index (Phi) is 6.13. The lowest BCUT2D eigenvalue weighted by atomic mass is 9.97. The molecule has 0 spiro atoms. The highest BCUT2D eigenvalue weighted by atomic mass is 35.5. The monoisotopic (exact) mass is 452 g/mol. The number of carbonyl (C=O) groups excluding carboxylic acids is 1. The lowest BCUT2D eigenvalue weighted by molar-refractivity contribution is -0.114. The smallest absolute Gasteiger partial charge is 0.222 e. The number of hydrogen-bond acceptors (Lipinski definition) is 6. The maximum Gasteiger partial charge on any atom is 0.222 e. The van der Waals surface area contributed by atoms with Gasteiger partial charge in [0.25, 0.3) is 0 Å². The predicted octanol–water partition coefficient (Wildman–Crippen LogP) is 4.86. The van der Waals surface area contributed by atoms with Crippen LogP contribution in [0.15, 0.2) is 55.0 Å². The average Bonchev–Trinajstić information content (AvgIpc) is 3.39. The van der Waals surface area contributed by atoms with Crippen LogP contribution in [0.2, 0.25) is 5.02 Å². The lowest BCUT2D eigenvalue weighted by Crippen LogP contribution is -2.21. The Bertz CT molecular complexity index is 1190. The molecule has 0 aliphatic carbocycles. The van der Waals surface area contributed by atoms with Crippen LogP contribution in [-0.2, 0) is 4.79 Å². The van der Waals surface area contributed by atoms with Crippen molar-refractivity contribution >= 4 is 34.7 Å². The van der Waals surface area contributed by atoms with E-state index in [1.54, 1.807) is 23.9 Å². The molecule has 0 aliphatic heterocycles. The first-order chi connectivity index (χ1) is 14.9. The van der Waals surface area contributed by atoms with Crippen molar-refractivity contribution in [1.29, 1.82) is 0 Å². The zero-order valence-electron chi connectivity index (χ0n) is 17.3. The Hall–Kier alpha value is -3.07. The molecule has 31 heavy (non-hydrogen) atoms. The number of nitrogens with zero attached hydrogens (tertiary/aromatic N) is 4. The normalized spacial score (nSPS) is 12.2. The third-order valence-electron chi connectivity index (χ3n) is 4.74. The van der Waals surface area contributed by atoms with Crippen molar-refractivity contribution < 1.29 is 4.79 Å². The van der Waals surface area contributed by atoms with Gasteiger partial charge < -0.3 is 10.3 Å². The van der Waals surface area contributed by atoms with Gasteiger partial charge in [-0.3, -0.25) is 9.69 Å². The molecule has 158 valence electrons. The summed E-state index contributed by atoms with van der Waals surface area (Å²) in [5.41, 5.74) is 3.18. The largest absolute Gasteiger partial charge is 0.327 e. The van der Waals surface area contributed by atoms with Crippen LogP contribution in [-0.4, -0.2) is 45.1 Å². The standard InChI is InChI=1S/C22H21ClN6OS/c1-13(30)27-19-10-15(8-9-24-19)18-11-17(21(31-18)22-25-12-26-28-22)20(29(2)3)14-4-6-16(23)7-5-14/h4-12,20H,1-3H3,(H,24,27,30)(H,25,26,28)/t20-/m1/s1. The third-order valence-corrected chi connectivity index (χ3v) is 6.20. The maximum atomic E-state index is 11.4. The summed E-state index contributed by atoms with van der Waals surface area (Å²) >= 11 is 7.73. The van der Waals surface area contributed by atoms with Crippen molar-refractivity contribution in [2.24, 2.45) is 0 Å². The number of aromatic nitrogens is 4. The third kappa shape index (κ3) is 4.66. The summed E-state index contributed by atoms with van der Waals surface area (Å²) in [6, 6.07) is 13.8. The molecule has 2 N–H and O–H groups in total. The number of aromatic amines is 1. The van der Waals surface area contributed by atoms with Gasteiger partial charge in [0.15, 0.2) is 5.82 Å². The number of rotatable bonds is 6. The number of hydrogen-bond donors (Lipinski definition) is 2. The van der Waals surface area contributed by atoms with E-state index >= 15 is 0 Å². The number of benzene rings is 1. The van der Waals surface area contributed by atoms with Gasteiger partial charge in [-0.15, -0.1) is 21.5 Å². The van der Waals surface area contributed by atoms with E-state index in [4.69, 9.17) is 11.6 Å². The number of halogens is 1. The van der Waals surface area contributed by atoms with Crippen molar-refractivity contribution in [2.45, 2.75) is 13.0 Å². The molecule has 1 amide bonds. The fourth-order valence-corrected chi connectivity index (χ4v) is 4.75. The molecule has 1 aromatic carbocycles. The summed E-state index contributed by atoms with van der Waals surface area (Å²) in [4.78, 5) is 23.0. The van der Waals surface area contributed by atoms with Crippen LogP contribution in [0.5, 0.6) is 0 Å². The topological polar surface area (TPSA) is 86.8 Å². The minimum absolute atomic E-state index is 0.0148. The number of nitrogens with one attached hydrogen (secondary N) is 2. The molecule has 1 atom stereocenters. The number of thiophene rings is 1. The van der Waals surface area contributed by atoms with Gasteiger partial charge in [0.1, 0.15) is 12.1 Å². The number of carbonyl (C=O) groups is 1. The zero-order valence-corrected chi connectivity index (χ0v) is 18.8. The minimum atomic E-state index is -0.158. The Balaban J connectivity index is 1.85. The molecule has 0 saturated heterocycles. The van der Waals surface area contributed by atoms with Crippen LogP contribution in [0.25, 0.3) is 21.1 Å². The molecule has 0 radical (unpaired) electrons. The molecular formula is C22H21ClN6OS. The highest BCUT2D eigenvalue weighted by Gasteiger charge is 2.25. The fourth-order valence-electron chi connectivity index (χ4n) is 3.49. The summed E-state index contributed by atoms with van der Waals surface area (Å²) in [6.45, 7) is 1.47. The van der Waals surface area contributed by atoms with Gasteiger partial charge in [0, 0.05) is 23.0 Å². The van der Waals surface area contributed by atoms with Crippen molar-refractivity contribution in [3.05, 3.63) is 71.1 Å². The van der Waals surface area contributed by atoms with E-state index in [0.29, 0.717) is 16.7 Å². The molecule has 9 heteroatoms. The van der Waals surface area contributed by atoms with Crippen LogP contribution in [0, 0.1) is 0 Å². The number of H-pyrrole nitrogens is 1. The number of amides is 1. The van der Waals surface area contributed by atoms with Gasteiger partial charge in [-0.25, -0.2) is 4.98 Å². The molecule has 4 aromatic rings. The highest BCUT2D eigenvalue weighted by Crippen LogP contribution is 2.43. The Morgan fingerprint density at radius 1 is 1.19 bits per heavy atom. The van der Waals surface area contributed by atoms with E-state index in [0.717, 1.165) is 26.4 Å². The quantitative estimate of drug-likeness (QED) is 0.436. The molecule has 7 nitrogen and oxygen atoms in total. The van der Waals surface area contributed by atoms with Crippen LogP contribution < -0.4 is 5.32 Å². The first kappa shape index (κ1) is 21.2. The van der Waals surface area contributed by atoms with Gasteiger partial charge >= 0.3 is 0 Å². The van der Waals surface area contributed by atoms with E-state index in [-0.39, 0.29) is 11.9 Å². The molecule has 0 fully saturated rings. The first-order valence-corrected chi connectivity index (χ1v) is 10.8. The Labute approximate surface area is 189 Å². The summed E-state index contributed by atoms with van der Waals surface area (Å²) in [5.74, 6) is 1.07. The molecule has 0 aliphatic rings. The second-order valence-electron chi connectivity index (χ2n) is 7.26. The van der Waals surface area contributed by atoms with Crippen LogP contribution in [0.3, 0.4) is 0 Å². The van der Waals surface area contributed by atoms with E-state index in [1.165, 1.54) is 6.92 Å². The van der Waals surface area contributed by atoms with Gasteiger partial charge in [0.2, 0.25) is 5.91 Å². The maximum absolute atomic E-state index is 11.4. The second-order valence-corrected chi connectivity index (χ2v) is 8.75. The molecule has 0 unspecified atom stereocenters. The van der Waals surface area contributed by atoms with Crippen LogP contribution >= 0.6 is 22.9 Å². The minimum Gasteiger partial charge on any atom is -0.327 e. The van der Waals surface area contributed by atoms with Crippen molar-refractivity contribution in [2.75, 3.05) is 19.4 Å². The van der Waals surface area contributed by atoms with Crippen molar-refractivity contribution in [3.63, 3.8) is 0 Å². The van der Waals surface area contributed by atoms with Crippen LogP contribution in [0.4, 0.5) is 5.82 Å².